The van der Waals surface area contributed by atoms with Crippen LogP contribution in [0.2, 0.25) is 0 Å². The van der Waals surface area contributed by atoms with Crippen LogP contribution in [0, 0.1) is 0 Å². The number of aliphatic hydroxyl groups excluding tert-OH is 1. The molecule has 2 fully saturated rings. The number of rotatable bonds is 3. The highest BCUT2D eigenvalue weighted by molar-refractivity contribution is 5.31. The summed E-state index contributed by atoms with van der Waals surface area (Å²) >= 11 is 0. The molecule has 2 aliphatic rings. The van der Waals surface area contributed by atoms with Crippen LogP contribution < -0.4 is 0 Å². The van der Waals surface area contributed by atoms with Crippen LogP contribution in [0.4, 0.5) is 0 Å². The molecule has 1 saturated carbocycles. The molecule has 0 radical (unpaired) electrons. The molecule has 0 bridgehead atoms. The molecule has 17 heavy (non-hydrogen) atoms. The molecule has 1 atom stereocenters. The molecule has 1 aromatic carbocycles. The second-order valence-corrected chi connectivity index (χ2v) is 5.68. The summed E-state index contributed by atoms with van der Waals surface area (Å²) in [5, 5.41) is 9.73. The Morgan fingerprint density at radius 1 is 1.24 bits per heavy atom. The zero-order chi connectivity index (χ0) is 11.7. The van der Waals surface area contributed by atoms with Crippen molar-refractivity contribution in [3.8, 4) is 0 Å². The van der Waals surface area contributed by atoms with Crippen LogP contribution in [0.25, 0.3) is 0 Å². The van der Waals surface area contributed by atoms with Crippen molar-refractivity contribution in [3.63, 3.8) is 0 Å². The monoisotopic (exact) mass is 231 g/mol. The first-order chi connectivity index (χ1) is 8.28. The van der Waals surface area contributed by atoms with E-state index in [9.17, 15) is 5.11 Å². The fourth-order valence-corrected chi connectivity index (χ4v) is 3.08. The molecule has 2 nitrogen and oxygen atoms in total. The fraction of sp³-hybridized carbons (Fsp3) is 0.600. The minimum atomic E-state index is -0.102. The maximum atomic E-state index is 9.73. The predicted octanol–water partition coefficient (Wildman–Crippen LogP) is 2.17. The lowest BCUT2D eigenvalue weighted by atomic mass is 9.94. The molecule has 3 rings (SSSR count). The molecular weight excluding hydrogens is 210 g/mol. The van der Waals surface area contributed by atoms with Gasteiger partial charge < -0.3 is 5.11 Å². The van der Waals surface area contributed by atoms with Gasteiger partial charge in [0, 0.05) is 18.5 Å². The van der Waals surface area contributed by atoms with Gasteiger partial charge in [-0.15, -0.1) is 0 Å². The Morgan fingerprint density at radius 3 is 2.65 bits per heavy atom. The van der Waals surface area contributed by atoms with Gasteiger partial charge in [-0.3, -0.25) is 4.90 Å². The Bertz CT molecular complexity index is 372. The van der Waals surface area contributed by atoms with Gasteiger partial charge in [0.25, 0.3) is 0 Å². The van der Waals surface area contributed by atoms with Gasteiger partial charge in [0.05, 0.1) is 6.10 Å². The molecular formula is C15H21NO. The van der Waals surface area contributed by atoms with Crippen LogP contribution in [0.5, 0.6) is 0 Å². The highest BCUT2D eigenvalue weighted by Crippen LogP contribution is 2.48. The van der Waals surface area contributed by atoms with Crippen LogP contribution in [0.3, 0.4) is 0 Å². The van der Waals surface area contributed by atoms with Crippen molar-refractivity contribution < 1.29 is 5.11 Å². The third-order valence-corrected chi connectivity index (χ3v) is 4.25. The van der Waals surface area contributed by atoms with Gasteiger partial charge >= 0.3 is 0 Å². The molecule has 2 heteroatoms. The summed E-state index contributed by atoms with van der Waals surface area (Å²) in [7, 11) is 0. The Morgan fingerprint density at radius 2 is 2.00 bits per heavy atom. The standard InChI is InChI=1S/C15H21NO/c17-14-7-4-10-16(11-14)12-15(8-9-15)13-5-2-1-3-6-13/h1-3,5-6,14,17H,4,7-12H2. The van der Waals surface area contributed by atoms with Crippen molar-refractivity contribution in [2.45, 2.75) is 37.2 Å². The fourth-order valence-electron chi connectivity index (χ4n) is 3.08. The van der Waals surface area contributed by atoms with E-state index in [0.717, 1.165) is 32.5 Å². The number of aliphatic hydroxyl groups is 1. The SMILES string of the molecule is OC1CCCN(CC2(c3ccccc3)CC2)C1. The number of hydrogen-bond donors (Lipinski definition) is 1. The van der Waals surface area contributed by atoms with Crippen LogP contribution in [-0.2, 0) is 5.41 Å². The maximum absolute atomic E-state index is 9.73. The minimum absolute atomic E-state index is 0.102. The summed E-state index contributed by atoms with van der Waals surface area (Å²) in [6, 6.07) is 10.9. The lowest BCUT2D eigenvalue weighted by molar-refractivity contribution is 0.0656. The largest absolute Gasteiger partial charge is 0.392 e. The number of β-amino-alcohol motifs (C(OH)–C–C–N with tert-alkyl or cyclic N) is 1. The molecule has 0 aromatic heterocycles. The summed E-state index contributed by atoms with van der Waals surface area (Å²) in [5.74, 6) is 0. The van der Waals surface area contributed by atoms with E-state index < -0.39 is 0 Å². The Balaban J connectivity index is 1.68. The lowest BCUT2D eigenvalue weighted by Gasteiger charge is -2.33. The zero-order valence-corrected chi connectivity index (χ0v) is 10.3. The number of likely N-dealkylation sites (tertiary alicyclic amines) is 1. The smallest absolute Gasteiger partial charge is 0.0667 e. The van der Waals surface area contributed by atoms with Crippen molar-refractivity contribution in [3.05, 3.63) is 35.9 Å². The van der Waals surface area contributed by atoms with Crippen molar-refractivity contribution in [1.82, 2.24) is 4.90 Å². The first-order valence-electron chi connectivity index (χ1n) is 6.74. The van der Waals surface area contributed by atoms with E-state index in [-0.39, 0.29) is 6.10 Å². The summed E-state index contributed by atoms with van der Waals surface area (Å²) < 4.78 is 0. The van der Waals surface area contributed by atoms with Gasteiger partial charge in [-0.1, -0.05) is 30.3 Å². The van der Waals surface area contributed by atoms with Gasteiger partial charge in [0.2, 0.25) is 0 Å². The second kappa shape index (κ2) is 4.43. The Hall–Kier alpha value is -0.860. The predicted molar refractivity (Wildman–Crippen MR) is 69.0 cm³/mol. The first-order valence-corrected chi connectivity index (χ1v) is 6.74. The van der Waals surface area contributed by atoms with E-state index in [0.29, 0.717) is 5.41 Å². The molecule has 1 N–H and O–H groups in total. The van der Waals surface area contributed by atoms with Crippen LogP contribution in [0.15, 0.2) is 30.3 Å². The zero-order valence-electron chi connectivity index (χ0n) is 10.3. The van der Waals surface area contributed by atoms with Gasteiger partial charge in [-0.05, 0) is 37.8 Å². The van der Waals surface area contributed by atoms with E-state index in [1.807, 2.05) is 0 Å². The van der Waals surface area contributed by atoms with Gasteiger partial charge in [0.1, 0.15) is 0 Å². The first kappa shape index (κ1) is 11.2. The van der Waals surface area contributed by atoms with E-state index in [1.54, 1.807) is 0 Å². The third-order valence-electron chi connectivity index (χ3n) is 4.25. The third kappa shape index (κ3) is 2.38. The topological polar surface area (TPSA) is 23.5 Å². The van der Waals surface area contributed by atoms with Crippen LogP contribution >= 0.6 is 0 Å². The molecule has 1 aromatic rings. The molecule has 0 spiro atoms. The quantitative estimate of drug-likeness (QED) is 0.862. The second-order valence-electron chi connectivity index (χ2n) is 5.68. The summed E-state index contributed by atoms with van der Waals surface area (Å²) in [6.45, 7) is 3.16. The minimum Gasteiger partial charge on any atom is -0.392 e. The van der Waals surface area contributed by atoms with Crippen LogP contribution in [-0.4, -0.2) is 35.7 Å². The highest BCUT2D eigenvalue weighted by atomic mass is 16.3. The van der Waals surface area contributed by atoms with Gasteiger partial charge in [0.15, 0.2) is 0 Å². The van der Waals surface area contributed by atoms with E-state index >= 15 is 0 Å². The number of benzene rings is 1. The number of piperidine rings is 1. The lowest BCUT2D eigenvalue weighted by Crippen LogP contribution is -2.42. The Kier molecular flexibility index (Phi) is 2.93. The van der Waals surface area contributed by atoms with Crippen molar-refractivity contribution in [1.29, 1.82) is 0 Å². The summed E-state index contributed by atoms with van der Waals surface area (Å²) in [5.41, 5.74) is 1.89. The molecule has 1 aliphatic carbocycles. The van der Waals surface area contributed by atoms with E-state index in [2.05, 4.69) is 35.2 Å². The molecule has 0 amide bonds. The number of nitrogens with zero attached hydrogens (tertiary/aromatic N) is 1. The average molecular weight is 231 g/mol. The molecule has 92 valence electrons. The van der Waals surface area contributed by atoms with Crippen molar-refractivity contribution in [2.75, 3.05) is 19.6 Å². The van der Waals surface area contributed by atoms with Gasteiger partial charge in [-0.25, -0.2) is 0 Å². The molecule has 1 saturated heterocycles. The molecule has 1 aliphatic heterocycles. The van der Waals surface area contributed by atoms with E-state index in [4.69, 9.17) is 0 Å². The summed E-state index contributed by atoms with van der Waals surface area (Å²) in [6.07, 6.45) is 4.64. The average Bonchev–Trinajstić information content (AvgIpc) is 3.11. The maximum Gasteiger partial charge on any atom is 0.0667 e. The molecule has 1 heterocycles. The Labute approximate surface area is 103 Å². The molecule has 1 unspecified atom stereocenters. The number of hydrogen-bond acceptors (Lipinski definition) is 2. The normalized spacial score (nSPS) is 27.9. The van der Waals surface area contributed by atoms with Crippen molar-refractivity contribution in [2.24, 2.45) is 0 Å². The summed E-state index contributed by atoms with van der Waals surface area (Å²) in [4.78, 5) is 2.45. The van der Waals surface area contributed by atoms with Crippen molar-refractivity contribution >= 4 is 0 Å². The van der Waals surface area contributed by atoms with Crippen LogP contribution in [0.1, 0.15) is 31.2 Å². The van der Waals surface area contributed by atoms with Gasteiger partial charge in [-0.2, -0.15) is 0 Å². The van der Waals surface area contributed by atoms with E-state index in [1.165, 1.54) is 18.4 Å². The highest BCUT2D eigenvalue weighted by Gasteiger charge is 2.45.